The molecule has 18 heavy (non-hydrogen) atoms. The molecule has 0 fully saturated rings. The molecule has 0 aromatic heterocycles. The van der Waals surface area contributed by atoms with Crippen LogP contribution in [0.3, 0.4) is 0 Å². The number of nitrogens with two attached hydrogens (primary N) is 1. The maximum Gasteiger partial charge on any atom is 0.161 e. The Morgan fingerprint density at radius 2 is 2.33 bits per heavy atom. The Morgan fingerprint density at radius 3 is 3.00 bits per heavy atom. The summed E-state index contributed by atoms with van der Waals surface area (Å²) < 4.78 is 0. The van der Waals surface area contributed by atoms with Gasteiger partial charge in [0.1, 0.15) is 0 Å². The van der Waals surface area contributed by atoms with Crippen LogP contribution < -0.4 is 10.6 Å². The lowest BCUT2D eigenvalue weighted by Crippen LogP contribution is -2.47. The largest absolute Gasteiger partial charge is 0.409 e. The van der Waals surface area contributed by atoms with Crippen LogP contribution in [0.25, 0.3) is 0 Å². The van der Waals surface area contributed by atoms with E-state index in [9.17, 15) is 0 Å². The van der Waals surface area contributed by atoms with Crippen LogP contribution in [-0.2, 0) is 6.42 Å². The van der Waals surface area contributed by atoms with Gasteiger partial charge < -0.3 is 15.8 Å². The molecule has 1 aliphatic heterocycles. The molecule has 1 heterocycles. The Labute approximate surface area is 108 Å². The van der Waals surface area contributed by atoms with Crippen LogP contribution in [-0.4, -0.2) is 23.6 Å². The van der Waals surface area contributed by atoms with Gasteiger partial charge in [-0.2, -0.15) is 0 Å². The van der Waals surface area contributed by atoms with Crippen molar-refractivity contribution in [3.8, 4) is 0 Å². The summed E-state index contributed by atoms with van der Waals surface area (Å²) in [5.41, 5.74) is 9.68. The number of hydrogen-bond donors (Lipinski definition) is 2. The third-order valence-electron chi connectivity index (χ3n) is 3.61. The molecule has 0 amide bonds. The van der Waals surface area contributed by atoms with Crippen molar-refractivity contribution in [3.63, 3.8) is 0 Å². The Hall–Kier alpha value is -1.71. The maximum atomic E-state index is 8.90. The van der Waals surface area contributed by atoms with Crippen LogP contribution in [0.15, 0.2) is 23.4 Å². The first kappa shape index (κ1) is 12.7. The summed E-state index contributed by atoms with van der Waals surface area (Å²) in [5.74, 6) is 0.297. The average Bonchev–Trinajstić information content (AvgIpc) is 2.39. The molecular formula is C14H21N3O. The number of benzene rings is 1. The zero-order valence-electron chi connectivity index (χ0n) is 11.1. The molecule has 4 nitrogen and oxygen atoms in total. The van der Waals surface area contributed by atoms with Crippen LogP contribution in [0.5, 0.6) is 0 Å². The average molecular weight is 247 g/mol. The lowest BCUT2D eigenvalue weighted by molar-refractivity contribution is 0.315. The molecule has 1 aliphatic rings. The number of amidine groups is 1. The van der Waals surface area contributed by atoms with E-state index in [1.807, 2.05) is 0 Å². The minimum atomic E-state index is -0.0169. The number of rotatable bonds is 3. The Bertz CT molecular complexity index is 456. The van der Waals surface area contributed by atoms with Gasteiger partial charge in [0.2, 0.25) is 0 Å². The summed E-state index contributed by atoms with van der Waals surface area (Å²) >= 11 is 0. The van der Waals surface area contributed by atoms with Gasteiger partial charge >= 0.3 is 0 Å². The fourth-order valence-corrected chi connectivity index (χ4v) is 2.73. The second-order valence-electron chi connectivity index (χ2n) is 4.88. The highest BCUT2D eigenvalue weighted by Crippen LogP contribution is 2.30. The van der Waals surface area contributed by atoms with Crippen LogP contribution in [0.4, 0.5) is 5.69 Å². The molecule has 1 atom stereocenters. The molecule has 1 aromatic carbocycles. The van der Waals surface area contributed by atoms with E-state index in [1.165, 1.54) is 16.8 Å². The quantitative estimate of drug-likeness (QED) is 0.373. The normalized spacial score (nSPS) is 17.4. The van der Waals surface area contributed by atoms with Gasteiger partial charge in [-0.05, 0) is 37.8 Å². The molecule has 2 rings (SSSR count). The number of anilines is 1. The Morgan fingerprint density at radius 1 is 1.56 bits per heavy atom. The lowest BCUT2D eigenvalue weighted by Gasteiger charge is -2.37. The second kappa shape index (κ2) is 5.29. The fraction of sp³-hybridized carbons (Fsp3) is 0.500. The maximum absolute atomic E-state index is 8.90. The van der Waals surface area contributed by atoms with E-state index in [4.69, 9.17) is 10.9 Å². The van der Waals surface area contributed by atoms with Crippen molar-refractivity contribution in [2.45, 2.75) is 39.2 Å². The van der Waals surface area contributed by atoms with E-state index in [-0.39, 0.29) is 6.04 Å². The van der Waals surface area contributed by atoms with Gasteiger partial charge in [0, 0.05) is 12.2 Å². The molecule has 98 valence electrons. The minimum absolute atomic E-state index is 0.0169. The van der Waals surface area contributed by atoms with Crippen molar-refractivity contribution in [1.82, 2.24) is 0 Å². The number of hydrogen-bond acceptors (Lipinski definition) is 3. The van der Waals surface area contributed by atoms with Gasteiger partial charge in [-0.1, -0.05) is 29.8 Å². The molecule has 1 unspecified atom stereocenters. The van der Waals surface area contributed by atoms with Crippen LogP contribution in [0.1, 0.15) is 30.9 Å². The number of oxime groups is 1. The van der Waals surface area contributed by atoms with Crippen molar-refractivity contribution >= 4 is 11.5 Å². The Kier molecular flexibility index (Phi) is 3.75. The zero-order valence-corrected chi connectivity index (χ0v) is 11.1. The summed E-state index contributed by atoms with van der Waals surface area (Å²) in [6.45, 7) is 5.13. The van der Waals surface area contributed by atoms with Crippen molar-refractivity contribution in [2.75, 3.05) is 11.4 Å². The molecular weight excluding hydrogens is 226 g/mol. The first-order valence-corrected chi connectivity index (χ1v) is 6.51. The first-order valence-electron chi connectivity index (χ1n) is 6.51. The van der Waals surface area contributed by atoms with Crippen LogP contribution in [0.2, 0.25) is 0 Å². The second-order valence-corrected chi connectivity index (χ2v) is 4.88. The van der Waals surface area contributed by atoms with E-state index in [0.29, 0.717) is 5.84 Å². The third kappa shape index (κ3) is 2.28. The standard InChI is InChI=1S/C14H21N3O/c1-3-12(14(15)16-18)17-8-4-5-11-9-10(2)6-7-13(11)17/h6-7,9,12,18H,3-5,8H2,1-2H3,(H2,15,16). The SMILES string of the molecule is CCC(C(N)=NO)N1CCCc2cc(C)ccc21. The summed E-state index contributed by atoms with van der Waals surface area (Å²) in [7, 11) is 0. The van der Waals surface area contributed by atoms with E-state index in [0.717, 1.165) is 25.8 Å². The van der Waals surface area contributed by atoms with E-state index in [2.05, 4.69) is 42.1 Å². The molecule has 3 N–H and O–H groups in total. The van der Waals surface area contributed by atoms with E-state index >= 15 is 0 Å². The zero-order chi connectivity index (χ0) is 13.1. The molecule has 0 bridgehead atoms. The van der Waals surface area contributed by atoms with Gasteiger partial charge in [0.25, 0.3) is 0 Å². The van der Waals surface area contributed by atoms with Gasteiger partial charge in [-0.3, -0.25) is 0 Å². The minimum Gasteiger partial charge on any atom is -0.409 e. The lowest BCUT2D eigenvalue weighted by atomic mass is 9.97. The molecule has 0 spiro atoms. The molecule has 0 saturated carbocycles. The highest BCUT2D eigenvalue weighted by Gasteiger charge is 2.25. The number of aryl methyl sites for hydroxylation is 2. The smallest absolute Gasteiger partial charge is 0.161 e. The van der Waals surface area contributed by atoms with Crippen molar-refractivity contribution < 1.29 is 5.21 Å². The van der Waals surface area contributed by atoms with E-state index in [1.54, 1.807) is 0 Å². The number of fused-ring (bicyclic) bond motifs is 1. The highest BCUT2D eigenvalue weighted by atomic mass is 16.4. The molecule has 1 aromatic rings. The predicted molar refractivity (Wildman–Crippen MR) is 74.3 cm³/mol. The Balaban J connectivity index is 2.37. The molecule has 0 radical (unpaired) electrons. The van der Waals surface area contributed by atoms with Crippen molar-refractivity contribution in [1.29, 1.82) is 0 Å². The summed E-state index contributed by atoms with van der Waals surface area (Å²) in [6.07, 6.45) is 3.06. The summed E-state index contributed by atoms with van der Waals surface area (Å²) in [6, 6.07) is 6.49. The number of nitrogens with zero attached hydrogens (tertiary/aromatic N) is 2. The summed E-state index contributed by atoms with van der Waals surface area (Å²) in [4.78, 5) is 2.26. The van der Waals surface area contributed by atoms with Gasteiger partial charge in [-0.25, -0.2) is 0 Å². The monoisotopic (exact) mass is 247 g/mol. The summed E-state index contributed by atoms with van der Waals surface area (Å²) in [5, 5.41) is 12.1. The first-order chi connectivity index (χ1) is 8.67. The molecule has 4 heteroatoms. The van der Waals surface area contributed by atoms with E-state index < -0.39 is 0 Å². The van der Waals surface area contributed by atoms with Crippen molar-refractivity contribution in [3.05, 3.63) is 29.3 Å². The van der Waals surface area contributed by atoms with Gasteiger partial charge in [0.05, 0.1) is 6.04 Å². The van der Waals surface area contributed by atoms with Crippen molar-refractivity contribution in [2.24, 2.45) is 10.9 Å². The van der Waals surface area contributed by atoms with Crippen LogP contribution in [0, 0.1) is 6.92 Å². The molecule has 0 aliphatic carbocycles. The van der Waals surface area contributed by atoms with Gasteiger partial charge in [0.15, 0.2) is 5.84 Å². The van der Waals surface area contributed by atoms with Gasteiger partial charge in [-0.15, -0.1) is 0 Å². The topological polar surface area (TPSA) is 61.9 Å². The highest BCUT2D eigenvalue weighted by molar-refractivity contribution is 5.88. The fourth-order valence-electron chi connectivity index (χ4n) is 2.73. The predicted octanol–water partition coefficient (Wildman–Crippen LogP) is 2.27. The third-order valence-corrected chi connectivity index (χ3v) is 3.61. The molecule has 0 saturated heterocycles. The van der Waals surface area contributed by atoms with Crippen LogP contribution >= 0.6 is 0 Å².